The predicted octanol–water partition coefficient (Wildman–Crippen LogP) is 0.108. The fourth-order valence-corrected chi connectivity index (χ4v) is 2.45. The Balaban J connectivity index is 0.000000846. The van der Waals surface area contributed by atoms with Crippen molar-refractivity contribution >= 4 is 29.8 Å². The molecule has 0 saturated carbocycles. The number of likely N-dealkylation sites (N-methyl/N-ethyl adjacent to an activating group) is 1. The zero-order valence-electron chi connectivity index (χ0n) is 19.8. The maximum atomic E-state index is 12.0. The van der Waals surface area contributed by atoms with Gasteiger partial charge in [-0.1, -0.05) is 18.2 Å². The van der Waals surface area contributed by atoms with Gasteiger partial charge in [-0.15, -0.1) is 0 Å². The molecule has 198 valence electrons. The molecule has 14 heteroatoms. The van der Waals surface area contributed by atoms with E-state index in [0.29, 0.717) is 13.1 Å². The number of nitrogens with zero attached hydrogens (tertiary/aromatic N) is 1. The SMILES string of the molecule is COc1ccccc1CNC(=O)CNCC(c1ccco1)N(C)C.O=C(O)C(=O)O.O=C(O)C(=O)O. The van der Waals surface area contributed by atoms with E-state index in [1.54, 1.807) is 13.4 Å². The molecular formula is C22H29N3O11. The minimum atomic E-state index is -1.82. The fourth-order valence-electron chi connectivity index (χ4n) is 2.45. The van der Waals surface area contributed by atoms with Crippen molar-refractivity contribution in [1.29, 1.82) is 0 Å². The molecule has 1 heterocycles. The summed E-state index contributed by atoms with van der Waals surface area (Å²) in [5.41, 5.74) is 0.954. The highest BCUT2D eigenvalue weighted by Gasteiger charge is 2.16. The third-order valence-corrected chi connectivity index (χ3v) is 4.15. The number of aliphatic carboxylic acids is 4. The Morgan fingerprint density at radius 3 is 1.92 bits per heavy atom. The number of rotatable bonds is 9. The average Bonchev–Trinajstić information content (AvgIpc) is 3.35. The van der Waals surface area contributed by atoms with Gasteiger partial charge in [-0.05, 0) is 32.3 Å². The van der Waals surface area contributed by atoms with Crippen LogP contribution in [0.4, 0.5) is 0 Å². The lowest BCUT2D eigenvalue weighted by molar-refractivity contribution is -0.159. The lowest BCUT2D eigenvalue weighted by Gasteiger charge is -2.22. The highest BCUT2D eigenvalue weighted by atomic mass is 16.5. The molecule has 2 aromatic rings. The van der Waals surface area contributed by atoms with Crippen LogP contribution in [-0.4, -0.2) is 89.4 Å². The Hall–Kier alpha value is -4.43. The maximum Gasteiger partial charge on any atom is 0.414 e. The van der Waals surface area contributed by atoms with Crippen LogP contribution in [0.3, 0.4) is 0 Å². The van der Waals surface area contributed by atoms with Crippen LogP contribution in [0, 0.1) is 0 Å². The van der Waals surface area contributed by atoms with E-state index in [9.17, 15) is 4.79 Å². The fraction of sp³-hybridized carbons (Fsp3) is 0.318. The van der Waals surface area contributed by atoms with Gasteiger partial charge in [0.05, 0.1) is 26.0 Å². The molecule has 0 bridgehead atoms. The first-order valence-electron chi connectivity index (χ1n) is 10.1. The molecule has 0 aliphatic heterocycles. The monoisotopic (exact) mass is 511 g/mol. The topological polar surface area (TPSA) is 216 Å². The Bertz CT molecular complexity index is 943. The smallest absolute Gasteiger partial charge is 0.414 e. The van der Waals surface area contributed by atoms with Gasteiger partial charge >= 0.3 is 23.9 Å². The largest absolute Gasteiger partial charge is 0.496 e. The molecule has 1 aromatic carbocycles. The Morgan fingerprint density at radius 1 is 0.917 bits per heavy atom. The quantitative estimate of drug-likeness (QED) is 0.247. The number of amides is 1. The molecular weight excluding hydrogens is 482 g/mol. The second-order valence-electron chi connectivity index (χ2n) is 6.93. The second kappa shape index (κ2) is 17.1. The summed E-state index contributed by atoms with van der Waals surface area (Å²) in [6, 6.07) is 11.5. The van der Waals surface area contributed by atoms with E-state index in [-0.39, 0.29) is 18.5 Å². The molecule has 0 aliphatic rings. The van der Waals surface area contributed by atoms with E-state index in [4.69, 9.17) is 48.8 Å². The lowest BCUT2D eigenvalue weighted by Crippen LogP contribution is -2.38. The Kier molecular flexibility index (Phi) is 15.0. The Labute approximate surface area is 206 Å². The van der Waals surface area contributed by atoms with Gasteiger partial charge in [0.1, 0.15) is 11.5 Å². The van der Waals surface area contributed by atoms with Crippen molar-refractivity contribution in [2.24, 2.45) is 0 Å². The second-order valence-corrected chi connectivity index (χ2v) is 6.93. The number of methoxy groups -OCH3 is 1. The lowest BCUT2D eigenvalue weighted by atomic mass is 10.2. The summed E-state index contributed by atoms with van der Waals surface area (Å²) in [6.07, 6.45) is 1.66. The van der Waals surface area contributed by atoms with Gasteiger partial charge in [0.2, 0.25) is 5.91 Å². The van der Waals surface area contributed by atoms with Crippen LogP contribution in [0.2, 0.25) is 0 Å². The van der Waals surface area contributed by atoms with Gasteiger partial charge in [-0.25, -0.2) is 19.2 Å². The molecule has 36 heavy (non-hydrogen) atoms. The third-order valence-electron chi connectivity index (χ3n) is 4.15. The molecule has 0 spiro atoms. The van der Waals surface area contributed by atoms with Crippen molar-refractivity contribution in [3.05, 3.63) is 54.0 Å². The Morgan fingerprint density at radius 2 is 1.47 bits per heavy atom. The normalized spacial score (nSPS) is 10.6. The zero-order valence-corrected chi connectivity index (χ0v) is 19.8. The highest BCUT2D eigenvalue weighted by molar-refractivity contribution is 6.27. The van der Waals surface area contributed by atoms with E-state index in [1.807, 2.05) is 50.5 Å². The van der Waals surface area contributed by atoms with E-state index in [1.165, 1.54) is 0 Å². The van der Waals surface area contributed by atoms with E-state index in [0.717, 1.165) is 17.1 Å². The van der Waals surface area contributed by atoms with Crippen LogP contribution < -0.4 is 15.4 Å². The molecule has 1 amide bonds. The van der Waals surface area contributed by atoms with Crippen LogP contribution in [0.5, 0.6) is 5.75 Å². The molecule has 1 aromatic heterocycles. The first-order chi connectivity index (χ1) is 16.9. The number of ether oxygens (including phenoxy) is 1. The molecule has 6 N–H and O–H groups in total. The summed E-state index contributed by atoms with van der Waals surface area (Å²) >= 11 is 0. The van der Waals surface area contributed by atoms with Crippen molar-refractivity contribution in [2.45, 2.75) is 12.6 Å². The number of hydrogen-bond acceptors (Lipinski definition) is 9. The number of para-hydroxylation sites is 1. The number of carbonyl (C=O) groups excluding carboxylic acids is 1. The molecule has 1 unspecified atom stereocenters. The van der Waals surface area contributed by atoms with Crippen molar-refractivity contribution in [3.8, 4) is 5.75 Å². The summed E-state index contributed by atoms with van der Waals surface area (Å²) in [5, 5.41) is 35.6. The van der Waals surface area contributed by atoms with Crippen LogP contribution in [0.25, 0.3) is 0 Å². The van der Waals surface area contributed by atoms with Gasteiger partial charge in [0.25, 0.3) is 0 Å². The molecule has 0 saturated heterocycles. The molecule has 0 fully saturated rings. The number of carboxylic acid groups (broad SMARTS) is 4. The average molecular weight is 511 g/mol. The summed E-state index contributed by atoms with van der Waals surface area (Å²) in [6.45, 7) is 1.32. The number of benzene rings is 1. The summed E-state index contributed by atoms with van der Waals surface area (Å²) in [4.78, 5) is 50.5. The predicted molar refractivity (Wildman–Crippen MR) is 123 cm³/mol. The van der Waals surface area contributed by atoms with Crippen molar-refractivity contribution in [2.75, 3.05) is 34.3 Å². The molecule has 14 nitrogen and oxygen atoms in total. The number of furan rings is 1. The van der Waals surface area contributed by atoms with Crippen molar-refractivity contribution in [1.82, 2.24) is 15.5 Å². The van der Waals surface area contributed by atoms with Crippen LogP contribution >= 0.6 is 0 Å². The number of carbonyl (C=O) groups is 5. The van der Waals surface area contributed by atoms with Gasteiger partial charge in [0, 0.05) is 18.7 Å². The van der Waals surface area contributed by atoms with Crippen LogP contribution in [0.1, 0.15) is 17.4 Å². The van der Waals surface area contributed by atoms with Crippen LogP contribution in [0.15, 0.2) is 47.1 Å². The molecule has 0 aliphatic carbocycles. The highest BCUT2D eigenvalue weighted by Crippen LogP contribution is 2.18. The van der Waals surface area contributed by atoms with E-state index in [2.05, 4.69) is 15.5 Å². The summed E-state index contributed by atoms with van der Waals surface area (Å²) in [7, 11) is 5.59. The molecule has 2 rings (SSSR count). The van der Waals surface area contributed by atoms with Crippen molar-refractivity contribution < 1.29 is 53.6 Å². The third kappa shape index (κ3) is 13.3. The number of carboxylic acids is 4. The number of nitrogens with one attached hydrogen (secondary N) is 2. The molecule has 0 radical (unpaired) electrons. The molecule has 1 atom stereocenters. The van der Waals surface area contributed by atoms with Gasteiger partial charge in [0.15, 0.2) is 0 Å². The van der Waals surface area contributed by atoms with Crippen LogP contribution in [-0.2, 0) is 30.5 Å². The first-order valence-corrected chi connectivity index (χ1v) is 10.1. The van der Waals surface area contributed by atoms with Gasteiger partial charge < -0.3 is 40.2 Å². The minimum absolute atomic E-state index is 0.0575. The zero-order chi connectivity index (χ0) is 27.7. The van der Waals surface area contributed by atoms with Crippen molar-refractivity contribution in [3.63, 3.8) is 0 Å². The van der Waals surface area contributed by atoms with E-state index >= 15 is 0 Å². The van der Waals surface area contributed by atoms with E-state index < -0.39 is 23.9 Å². The van der Waals surface area contributed by atoms with Gasteiger partial charge in [-0.2, -0.15) is 0 Å². The first kappa shape index (κ1) is 31.6. The number of hydrogen-bond donors (Lipinski definition) is 6. The van der Waals surface area contributed by atoms with Gasteiger partial charge in [-0.3, -0.25) is 9.69 Å². The maximum absolute atomic E-state index is 12.0. The summed E-state index contributed by atoms with van der Waals surface area (Å²) in [5.74, 6) is -5.70. The summed E-state index contributed by atoms with van der Waals surface area (Å²) < 4.78 is 10.7. The minimum Gasteiger partial charge on any atom is -0.496 e. The standard InChI is InChI=1S/C18H25N3O3.2C2H2O4/c1-21(2)15(17-9-6-10-24-17)12-19-13-18(22)20-11-14-7-4-5-8-16(14)23-3;2*3-1(4)2(5)6/h4-10,15,19H,11-13H2,1-3H3,(H,20,22);2*(H,3,4)(H,5,6).